The van der Waals surface area contributed by atoms with Crippen molar-refractivity contribution in [2.75, 3.05) is 0 Å². The van der Waals surface area contributed by atoms with Crippen LogP contribution in [0.15, 0.2) is 48.4 Å². The van der Waals surface area contributed by atoms with E-state index in [2.05, 4.69) is 0 Å². The van der Waals surface area contributed by atoms with Crippen LogP contribution in [-0.4, -0.2) is 32.6 Å². The molecule has 0 radical (unpaired) electrons. The summed E-state index contributed by atoms with van der Waals surface area (Å²) in [6.45, 7) is 0. The lowest BCUT2D eigenvalue weighted by atomic mass is 9.80. The Morgan fingerprint density at radius 3 is 2.27 bits per heavy atom. The normalized spacial score (nSPS) is 31.8. The lowest BCUT2D eigenvalue weighted by molar-refractivity contribution is -0.119. The Bertz CT molecular complexity index is 1160. The summed E-state index contributed by atoms with van der Waals surface area (Å²) in [5.41, 5.74) is -0.210. The molecule has 0 saturated heterocycles. The fraction of sp³-hybridized carbons (Fsp3) is 0.222. The van der Waals surface area contributed by atoms with Crippen LogP contribution < -0.4 is 0 Å². The van der Waals surface area contributed by atoms with E-state index in [0.29, 0.717) is 0 Å². The molecule has 112 valence electrons. The molecule has 0 aliphatic heterocycles. The summed E-state index contributed by atoms with van der Waals surface area (Å²) in [6.07, 6.45) is -6.79. The van der Waals surface area contributed by atoms with Crippen LogP contribution in [0.3, 0.4) is 0 Å². The molecule has 0 spiro atoms. The Labute approximate surface area is 135 Å². The van der Waals surface area contributed by atoms with Gasteiger partial charge in [-0.3, -0.25) is 0 Å². The molecule has 4 N–H and O–H groups in total. The van der Waals surface area contributed by atoms with Crippen molar-refractivity contribution in [3.05, 3.63) is 59.5 Å². The highest BCUT2D eigenvalue weighted by Crippen LogP contribution is 2.42. The van der Waals surface area contributed by atoms with Crippen LogP contribution in [-0.2, 0) is 0 Å². The lowest BCUT2D eigenvalue weighted by Crippen LogP contribution is -2.41. The molecule has 1 aliphatic rings. The van der Waals surface area contributed by atoms with E-state index in [4.69, 9.17) is 8.22 Å². The standard InChI is InChI=1S/C18H16O4/c19-15-13-8-7-11-10-4-2-1-3-9(10)5-6-12(11)14(13)16(20)18(22)17(15)21/h1-8,15-22H/t15-,16+,17+,18-/m1/s1/i1D,2D,3D,4D,7D,8D. The van der Waals surface area contributed by atoms with Gasteiger partial charge < -0.3 is 20.4 Å². The van der Waals surface area contributed by atoms with Gasteiger partial charge in [0.25, 0.3) is 0 Å². The van der Waals surface area contributed by atoms with Crippen LogP contribution in [0.1, 0.15) is 31.6 Å². The first-order valence-corrected chi connectivity index (χ1v) is 6.77. The van der Waals surface area contributed by atoms with E-state index in [9.17, 15) is 20.4 Å². The number of aliphatic hydroxyl groups excluding tert-OH is 4. The molecule has 4 atom stereocenters. The highest BCUT2D eigenvalue weighted by molar-refractivity contribution is 6.08. The Morgan fingerprint density at radius 1 is 0.727 bits per heavy atom. The molecule has 4 nitrogen and oxygen atoms in total. The molecule has 3 aromatic rings. The molecule has 0 fully saturated rings. The van der Waals surface area contributed by atoms with Gasteiger partial charge in [0.15, 0.2) is 0 Å². The third-order valence-corrected chi connectivity index (χ3v) is 4.14. The van der Waals surface area contributed by atoms with Gasteiger partial charge in [-0.2, -0.15) is 0 Å². The summed E-state index contributed by atoms with van der Waals surface area (Å²) in [4.78, 5) is 0. The molecule has 0 amide bonds. The number of hydrogen-bond acceptors (Lipinski definition) is 4. The minimum absolute atomic E-state index is 0.0167. The molecule has 0 aromatic heterocycles. The number of benzene rings is 3. The van der Waals surface area contributed by atoms with E-state index in [1.807, 2.05) is 0 Å². The van der Waals surface area contributed by atoms with Crippen molar-refractivity contribution in [1.82, 2.24) is 0 Å². The average molecular weight is 302 g/mol. The number of fused-ring (bicyclic) bond motifs is 5. The van der Waals surface area contributed by atoms with Crippen LogP contribution in [0.4, 0.5) is 0 Å². The van der Waals surface area contributed by atoms with Gasteiger partial charge in [0.1, 0.15) is 24.4 Å². The molecule has 1 aliphatic carbocycles. The predicted molar refractivity (Wildman–Crippen MR) is 83.4 cm³/mol. The van der Waals surface area contributed by atoms with Crippen molar-refractivity contribution < 1.29 is 28.7 Å². The third-order valence-electron chi connectivity index (χ3n) is 4.14. The Kier molecular flexibility index (Phi) is 1.86. The first kappa shape index (κ1) is 8.60. The predicted octanol–water partition coefficient (Wildman–Crippen LogP) is 1.80. The topological polar surface area (TPSA) is 80.9 Å². The van der Waals surface area contributed by atoms with E-state index in [1.54, 1.807) is 0 Å². The molecule has 0 bridgehead atoms. The summed E-state index contributed by atoms with van der Waals surface area (Å²) < 4.78 is 48.7. The van der Waals surface area contributed by atoms with Crippen LogP contribution >= 0.6 is 0 Å². The minimum Gasteiger partial charge on any atom is -0.387 e. The minimum atomic E-state index is -1.73. The Balaban J connectivity index is 2.28. The van der Waals surface area contributed by atoms with Crippen molar-refractivity contribution in [3.63, 3.8) is 0 Å². The molecule has 0 heterocycles. The molecule has 22 heavy (non-hydrogen) atoms. The number of rotatable bonds is 0. The zero-order chi connectivity index (χ0) is 20.7. The maximum atomic E-state index is 10.5. The second-order valence-electron chi connectivity index (χ2n) is 5.36. The van der Waals surface area contributed by atoms with E-state index in [0.717, 1.165) is 0 Å². The van der Waals surface area contributed by atoms with E-state index in [1.165, 1.54) is 12.1 Å². The van der Waals surface area contributed by atoms with Crippen molar-refractivity contribution in [2.24, 2.45) is 0 Å². The fourth-order valence-electron chi connectivity index (χ4n) is 2.99. The largest absolute Gasteiger partial charge is 0.387 e. The van der Waals surface area contributed by atoms with Crippen LogP contribution in [0.25, 0.3) is 21.5 Å². The Hall–Kier alpha value is -1.98. The van der Waals surface area contributed by atoms with Gasteiger partial charge >= 0.3 is 0 Å². The van der Waals surface area contributed by atoms with Crippen molar-refractivity contribution in [2.45, 2.75) is 24.4 Å². The van der Waals surface area contributed by atoms with Crippen molar-refractivity contribution in [3.8, 4) is 0 Å². The first-order valence-electron chi connectivity index (χ1n) is 9.77. The number of hydrogen-bond donors (Lipinski definition) is 4. The van der Waals surface area contributed by atoms with Crippen LogP contribution in [0.5, 0.6) is 0 Å². The maximum Gasteiger partial charge on any atom is 0.113 e. The summed E-state index contributed by atoms with van der Waals surface area (Å²) in [7, 11) is 0. The lowest BCUT2D eigenvalue weighted by Gasteiger charge is -2.35. The number of aliphatic hydroxyl groups is 4. The van der Waals surface area contributed by atoms with Crippen LogP contribution in [0, 0.1) is 0 Å². The van der Waals surface area contributed by atoms with Gasteiger partial charge in [0.05, 0.1) is 8.22 Å². The van der Waals surface area contributed by atoms with Gasteiger partial charge in [0, 0.05) is 0 Å². The zero-order valence-corrected chi connectivity index (χ0v) is 11.3. The van der Waals surface area contributed by atoms with E-state index >= 15 is 0 Å². The quantitative estimate of drug-likeness (QED) is 0.477. The SMILES string of the molecule is [2H]c1c([2H])c([2H])c2c(ccc3c4c(c([2H])c([2H])c32)[C@@H](O)[C@H](O)[C@H](O)[C@H]4O)c1[2H]. The summed E-state index contributed by atoms with van der Waals surface area (Å²) in [6, 6.07) is 0.341. The van der Waals surface area contributed by atoms with Gasteiger partial charge in [-0.05, 0) is 32.7 Å². The molecule has 4 rings (SSSR count). The van der Waals surface area contributed by atoms with E-state index in [-0.39, 0.29) is 44.8 Å². The second kappa shape index (κ2) is 4.76. The summed E-state index contributed by atoms with van der Waals surface area (Å²) in [5, 5.41) is 41.2. The monoisotopic (exact) mass is 302 g/mol. The van der Waals surface area contributed by atoms with Crippen molar-refractivity contribution >= 4 is 21.5 Å². The maximum absolute atomic E-state index is 10.5. The molecule has 4 heteroatoms. The smallest absolute Gasteiger partial charge is 0.113 e. The molecular weight excluding hydrogens is 280 g/mol. The third kappa shape index (κ3) is 1.72. The van der Waals surface area contributed by atoms with E-state index < -0.39 is 48.6 Å². The van der Waals surface area contributed by atoms with Gasteiger partial charge in [0.2, 0.25) is 0 Å². The highest BCUT2D eigenvalue weighted by Gasteiger charge is 2.40. The van der Waals surface area contributed by atoms with Gasteiger partial charge in [-0.1, -0.05) is 48.4 Å². The molecular formula is C18H16O4. The highest BCUT2D eigenvalue weighted by atomic mass is 16.4. The summed E-state index contributed by atoms with van der Waals surface area (Å²) in [5.74, 6) is 0. The summed E-state index contributed by atoms with van der Waals surface area (Å²) >= 11 is 0. The molecule has 3 aromatic carbocycles. The van der Waals surface area contributed by atoms with Crippen LogP contribution in [0.2, 0.25) is 0 Å². The fourth-order valence-corrected chi connectivity index (χ4v) is 2.99. The van der Waals surface area contributed by atoms with Gasteiger partial charge in [-0.25, -0.2) is 0 Å². The zero-order valence-electron chi connectivity index (χ0n) is 17.3. The first-order chi connectivity index (χ1) is 13.1. The molecule has 0 saturated carbocycles. The van der Waals surface area contributed by atoms with Gasteiger partial charge in [-0.15, -0.1) is 0 Å². The van der Waals surface area contributed by atoms with Crippen molar-refractivity contribution in [1.29, 1.82) is 0 Å². The Morgan fingerprint density at radius 2 is 1.45 bits per heavy atom. The second-order valence-corrected chi connectivity index (χ2v) is 5.36. The molecule has 0 unspecified atom stereocenters. The average Bonchev–Trinajstić information content (AvgIpc) is 2.68.